The van der Waals surface area contributed by atoms with Crippen molar-refractivity contribution in [3.8, 4) is 0 Å². The predicted octanol–water partition coefficient (Wildman–Crippen LogP) is 0.795. The quantitative estimate of drug-likeness (QED) is 0.658. The van der Waals surface area contributed by atoms with E-state index < -0.39 is 34.7 Å². The minimum atomic E-state index is -1.28. The molecule has 1 aromatic rings. The summed E-state index contributed by atoms with van der Waals surface area (Å²) in [6, 6.07) is 7.93. The monoisotopic (exact) mass is 355 g/mol. The lowest BCUT2D eigenvalue weighted by molar-refractivity contribution is -0.145. The van der Waals surface area contributed by atoms with Crippen LogP contribution in [0.1, 0.15) is 19.3 Å². The van der Waals surface area contributed by atoms with Crippen molar-refractivity contribution in [2.45, 2.75) is 30.2 Å². The summed E-state index contributed by atoms with van der Waals surface area (Å²) < 4.78 is 21.3. The minimum Gasteiger partial charge on any atom is -0.469 e. The SMILES string of the molecule is COC(=O)CCC(=O)N[C@@H](CC[S@](=O)c1ccccc1)C(=O)OC. The van der Waals surface area contributed by atoms with Crippen LogP contribution < -0.4 is 5.32 Å². The number of amides is 1. The predicted molar refractivity (Wildman–Crippen MR) is 87.5 cm³/mol. The van der Waals surface area contributed by atoms with Crippen LogP contribution in [-0.2, 0) is 34.7 Å². The van der Waals surface area contributed by atoms with Gasteiger partial charge in [0.15, 0.2) is 0 Å². The molecule has 1 N–H and O–H groups in total. The highest BCUT2D eigenvalue weighted by molar-refractivity contribution is 7.85. The maximum atomic E-state index is 12.2. The Balaban J connectivity index is 2.56. The molecule has 0 fully saturated rings. The van der Waals surface area contributed by atoms with E-state index in [1.807, 2.05) is 6.07 Å². The second kappa shape index (κ2) is 10.5. The molecule has 0 spiro atoms. The highest BCUT2D eigenvalue weighted by Crippen LogP contribution is 2.08. The second-order valence-electron chi connectivity index (χ2n) is 4.87. The van der Waals surface area contributed by atoms with Crippen molar-refractivity contribution in [2.24, 2.45) is 0 Å². The molecule has 1 aromatic carbocycles. The van der Waals surface area contributed by atoms with Gasteiger partial charge in [-0.3, -0.25) is 13.8 Å². The van der Waals surface area contributed by atoms with Crippen LogP contribution in [0, 0.1) is 0 Å². The number of esters is 2. The maximum Gasteiger partial charge on any atom is 0.328 e. The first kappa shape index (κ1) is 19.8. The summed E-state index contributed by atoms with van der Waals surface area (Å²) in [7, 11) is 1.16. The second-order valence-corrected chi connectivity index (χ2v) is 6.44. The molecule has 0 aliphatic rings. The van der Waals surface area contributed by atoms with Gasteiger partial charge in [0.2, 0.25) is 5.91 Å². The van der Waals surface area contributed by atoms with Crippen molar-refractivity contribution in [1.29, 1.82) is 0 Å². The van der Waals surface area contributed by atoms with E-state index in [9.17, 15) is 18.6 Å². The minimum absolute atomic E-state index is 0.0772. The summed E-state index contributed by atoms with van der Waals surface area (Å²) in [4.78, 5) is 35.3. The Labute approximate surface area is 143 Å². The van der Waals surface area contributed by atoms with Gasteiger partial charge in [-0.1, -0.05) is 18.2 Å². The Morgan fingerprint density at radius 1 is 1.08 bits per heavy atom. The van der Waals surface area contributed by atoms with E-state index in [4.69, 9.17) is 0 Å². The van der Waals surface area contributed by atoms with Gasteiger partial charge < -0.3 is 14.8 Å². The van der Waals surface area contributed by atoms with Crippen molar-refractivity contribution in [3.05, 3.63) is 30.3 Å². The third-order valence-electron chi connectivity index (χ3n) is 3.20. The molecule has 2 atom stereocenters. The first-order chi connectivity index (χ1) is 11.5. The number of carbonyl (C=O) groups is 3. The normalized spacial score (nSPS) is 12.8. The molecule has 0 aliphatic carbocycles. The van der Waals surface area contributed by atoms with Gasteiger partial charge in [0.1, 0.15) is 6.04 Å². The molecule has 0 heterocycles. The third kappa shape index (κ3) is 6.91. The summed E-state index contributed by atoms with van der Waals surface area (Å²) in [5, 5.41) is 2.50. The molecule has 0 radical (unpaired) electrons. The molecule has 1 rings (SSSR count). The van der Waals surface area contributed by atoms with Gasteiger partial charge in [-0.05, 0) is 18.6 Å². The van der Waals surface area contributed by atoms with Crippen LogP contribution in [0.15, 0.2) is 35.2 Å². The number of methoxy groups -OCH3 is 2. The van der Waals surface area contributed by atoms with Crippen molar-refractivity contribution in [1.82, 2.24) is 5.32 Å². The molecule has 0 unspecified atom stereocenters. The molecule has 24 heavy (non-hydrogen) atoms. The summed E-state index contributed by atoms with van der Waals surface area (Å²) in [6.45, 7) is 0. The van der Waals surface area contributed by atoms with Crippen molar-refractivity contribution in [3.63, 3.8) is 0 Å². The fourth-order valence-corrected chi connectivity index (χ4v) is 3.04. The summed E-state index contributed by atoms with van der Waals surface area (Å²) >= 11 is 0. The number of nitrogens with one attached hydrogen (secondary N) is 1. The van der Waals surface area contributed by atoms with Crippen LogP contribution in [-0.4, -0.2) is 48.1 Å². The van der Waals surface area contributed by atoms with E-state index in [1.165, 1.54) is 14.2 Å². The van der Waals surface area contributed by atoms with Crippen LogP contribution in [0.5, 0.6) is 0 Å². The van der Waals surface area contributed by atoms with E-state index in [2.05, 4.69) is 14.8 Å². The molecule has 132 valence electrons. The lowest BCUT2D eigenvalue weighted by Gasteiger charge is -2.16. The van der Waals surface area contributed by atoms with Crippen molar-refractivity contribution in [2.75, 3.05) is 20.0 Å². The average Bonchev–Trinajstić information content (AvgIpc) is 2.62. The number of hydrogen-bond acceptors (Lipinski definition) is 6. The maximum absolute atomic E-state index is 12.2. The Morgan fingerprint density at radius 3 is 2.33 bits per heavy atom. The van der Waals surface area contributed by atoms with Crippen molar-refractivity contribution >= 4 is 28.6 Å². The number of ether oxygens (including phenoxy) is 2. The summed E-state index contributed by atoms with van der Waals surface area (Å²) in [5.74, 6) is -1.40. The van der Waals surface area contributed by atoms with E-state index in [0.717, 1.165) is 0 Å². The van der Waals surface area contributed by atoms with Crippen LogP contribution in [0.25, 0.3) is 0 Å². The molecule has 0 aromatic heterocycles. The third-order valence-corrected chi connectivity index (χ3v) is 4.61. The first-order valence-corrected chi connectivity index (χ1v) is 8.67. The van der Waals surface area contributed by atoms with Crippen LogP contribution >= 0.6 is 0 Å². The van der Waals surface area contributed by atoms with Crippen molar-refractivity contribution < 1.29 is 28.1 Å². The average molecular weight is 355 g/mol. The zero-order chi connectivity index (χ0) is 17.9. The zero-order valence-corrected chi connectivity index (χ0v) is 14.5. The van der Waals surface area contributed by atoms with Gasteiger partial charge in [-0.25, -0.2) is 4.79 Å². The van der Waals surface area contributed by atoms with Gasteiger partial charge in [0.05, 0.1) is 31.4 Å². The Hall–Kier alpha value is -2.22. The molecule has 0 bridgehead atoms. The van der Waals surface area contributed by atoms with E-state index in [-0.39, 0.29) is 25.0 Å². The van der Waals surface area contributed by atoms with Crippen LogP contribution in [0.3, 0.4) is 0 Å². The van der Waals surface area contributed by atoms with Gasteiger partial charge in [-0.2, -0.15) is 0 Å². The zero-order valence-electron chi connectivity index (χ0n) is 13.7. The molecule has 0 saturated heterocycles. The lowest BCUT2D eigenvalue weighted by atomic mass is 10.2. The largest absolute Gasteiger partial charge is 0.469 e. The summed E-state index contributed by atoms with van der Waals surface area (Å²) in [6.07, 6.45) is -0.00768. The highest BCUT2D eigenvalue weighted by Gasteiger charge is 2.22. The Bertz CT molecular complexity index is 589. The van der Waals surface area contributed by atoms with E-state index >= 15 is 0 Å². The number of benzene rings is 1. The molecule has 7 nitrogen and oxygen atoms in total. The fourth-order valence-electron chi connectivity index (χ4n) is 1.89. The van der Waals surface area contributed by atoms with Gasteiger partial charge in [0.25, 0.3) is 0 Å². The fraction of sp³-hybridized carbons (Fsp3) is 0.438. The first-order valence-electron chi connectivity index (χ1n) is 7.35. The summed E-state index contributed by atoms with van der Waals surface area (Å²) in [5.41, 5.74) is 0. The van der Waals surface area contributed by atoms with Crippen LogP contribution in [0.2, 0.25) is 0 Å². The lowest BCUT2D eigenvalue weighted by Crippen LogP contribution is -2.42. The molecular formula is C16H21NO6S. The molecule has 1 amide bonds. The molecule has 0 saturated carbocycles. The molecule has 8 heteroatoms. The number of rotatable bonds is 9. The smallest absolute Gasteiger partial charge is 0.328 e. The Morgan fingerprint density at radius 2 is 1.75 bits per heavy atom. The van der Waals surface area contributed by atoms with Gasteiger partial charge in [0, 0.05) is 17.1 Å². The molecular weight excluding hydrogens is 334 g/mol. The highest BCUT2D eigenvalue weighted by atomic mass is 32.2. The number of hydrogen-bond donors (Lipinski definition) is 1. The van der Waals surface area contributed by atoms with E-state index in [0.29, 0.717) is 4.90 Å². The Kier molecular flexibility index (Phi) is 8.70. The van der Waals surface area contributed by atoms with Crippen LogP contribution in [0.4, 0.5) is 0 Å². The van der Waals surface area contributed by atoms with Gasteiger partial charge in [-0.15, -0.1) is 0 Å². The number of carbonyl (C=O) groups excluding carboxylic acids is 3. The molecule has 0 aliphatic heterocycles. The topological polar surface area (TPSA) is 98.8 Å². The standard InChI is InChI=1S/C16H21NO6S/c1-22-15(19)9-8-14(18)17-13(16(20)23-2)10-11-24(21)12-6-4-3-5-7-12/h3-7,13H,8-11H2,1-2H3,(H,17,18)/t13-,24-/m0/s1. The van der Waals surface area contributed by atoms with Gasteiger partial charge >= 0.3 is 11.9 Å². The van der Waals surface area contributed by atoms with E-state index in [1.54, 1.807) is 24.3 Å².